The molecule has 134 valence electrons. The molecule has 0 bridgehead atoms. The van der Waals surface area contributed by atoms with Gasteiger partial charge in [-0.2, -0.15) is 26.3 Å². The zero-order chi connectivity index (χ0) is 18.8. The molecule has 0 aliphatic rings. The number of halogens is 7. The lowest BCUT2D eigenvalue weighted by Gasteiger charge is -2.13. The van der Waals surface area contributed by atoms with Crippen LogP contribution in [0.4, 0.5) is 30.7 Å². The number of benzene rings is 2. The van der Waals surface area contributed by atoms with E-state index in [-0.39, 0.29) is 11.8 Å². The summed E-state index contributed by atoms with van der Waals surface area (Å²) in [7, 11) is 0. The summed E-state index contributed by atoms with van der Waals surface area (Å²) < 4.78 is 94.6. The van der Waals surface area contributed by atoms with Crippen molar-refractivity contribution in [1.82, 2.24) is 0 Å². The number of ether oxygens (including phenoxy) is 1. The predicted molar refractivity (Wildman–Crippen MR) is 72.6 cm³/mol. The van der Waals surface area contributed by atoms with E-state index in [9.17, 15) is 35.5 Å². The fraction of sp³-hybridized carbons (Fsp3) is 0.188. The van der Waals surface area contributed by atoms with Crippen LogP contribution in [0.1, 0.15) is 27.0 Å². The van der Waals surface area contributed by atoms with Crippen LogP contribution in [0.15, 0.2) is 36.4 Å². The van der Waals surface area contributed by atoms with Crippen molar-refractivity contribution in [2.24, 2.45) is 0 Å². The van der Waals surface area contributed by atoms with Gasteiger partial charge in [0.25, 0.3) is 0 Å². The summed E-state index contributed by atoms with van der Waals surface area (Å²) in [4.78, 5) is 10.7. The summed E-state index contributed by atoms with van der Waals surface area (Å²) in [6.07, 6.45) is -9.30. The number of hydrogen-bond donors (Lipinski definition) is 0. The van der Waals surface area contributed by atoms with Crippen LogP contribution in [0, 0.1) is 5.82 Å². The third kappa shape index (κ3) is 4.71. The number of rotatable bonds is 4. The third-order valence-electron chi connectivity index (χ3n) is 3.16. The fourth-order valence-corrected chi connectivity index (χ4v) is 1.96. The SMILES string of the molecule is O=Cc1cc(OCc2cc(C(F)(F)F)ccc2F)cc(C(F)(F)F)c1. The van der Waals surface area contributed by atoms with Gasteiger partial charge in [-0.15, -0.1) is 0 Å². The molecular weight excluding hydrogens is 357 g/mol. The first-order valence-corrected chi connectivity index (χ1v) is 6.66. The Bertz CT molecular complexity index is 779. The van der Waals surface area contributed by atoms with Crippen molar-refractivity contribution in [3.8, 4) is 5.75 Å². The van der Waals surface area contributed by atoms with E-state index in [1.807, 2.05) is 0 Å². The highest BCUT2D eigenvalue weighted by Crippen LogP contribution is 2.33. The number of hydrogen-bond acceptors (Lipinski definition) is 2. The van der Waals surface area contributed by atoms with Gasteiger partial charge in [0.15, 0.2) is 0 Å². The van der Waals surface area contributed by atoms with Crippen molar-refractivity contribution in [2.45, 2.75) is 19.0 Å². The van der Waals surface area contributed by atoms with E-state index in [1.165, 1.54) is 0 Å². The summed E-state index contributed by atoms with van der Waals surface area (Å²) in [5.41, 5.74) is -3.11. The average Bonchev–Trinajstić information content (AvgIpc) is 2.51. The quantitative estimate of drug-likeness (QED) is 0.545. The molecule has 0 spiro atoms. The lowest BCUT2D eigenvalue weighted by Crippen LogP contribution is -2.09. The van der Waals surface area contributed by atoms with E-state index in [1.54, 1.807) is 0 Å². The van der Waals surface area contributed by atoms with E-state index in [2.05, 4.69) is 0 Å². The minimum absolute atomic E-state index is 0.160. The number of carbonyl (C=O) groups is 1. The van der Waals surface area contributed by atoms with Gasteiger partial charge in [-0.1, -0.05) is 0 Å². The minimum Gasteiger partial charge on any atom is -0.489 e. The third-order valence-corrected chi connectivity index (χ3v) is 3.16. The molecule has 25 heavy (non-hydrogen) atoms. The van der Waals surface area contributed by atoms with Crippen molar-refractivity contribution in [2.75, 3.05) is 0 Å². The number of carbonyl (C=O) groups excluding carboxylic acids is 1. The second kappa shape index (κ2) is 6.73. The van der Waals surface area contributed by atoms with Gasteiger partial charge in [0, 0.05) is 11.1 Å². The molecule has 0 radical (unpaired) electrons. The first kappa shape index (κ1) is 18.8. The Balaban J connectivity index is 2.28. The Hall–Kier alpha value is -2.58. The van der Waals surface area contributed by atoms with Crippen molar-refractivity contribution in [3.63, 3.8) is 0 Å². The lowest BCUT2D eigenvalue weighted by molar-refractivity contribution is -0.138. The van der Waals surface area contributed by atoms with Gasteiger partial charge in [-0.25, -0.2) is 4.39 Å². The molecule has 2 rings (SSSR count). The van der Waals surface area contributed by atoms with E-state index in [4.69, 9.17) is 4.74 Å². The molecule has 0 saturated carbocycles. The maximum Gasteiger partial charge on any atom is 0.416 e. The molecule has 0 aromatic heterocycles. The van der Waals surface area contributed by atoms with Crippen molar-refractivity contribution >= 4 is 6.29 Å². The Labute approximate surface area is 136 Å². The number of aldehydes is 1. The highest BCUT2D eigenvalue weighted by molar-refractivity contribution is 5.76. The summed E-state index contributed by atoms with van der Waals surface area (Å²) in [5, 5.41) is 0. The first-order valence-electron chi connectivity index (χ1n) is 6.66. The molecule has 2 aromatic rings. The maximum atomic E-state index is 13.6. The minimum atomic E-state index is -4.75. The Kier molecular flexibility index (Phi) is 5.05. The van der Waals surface area contributed by atoms with Gasteiger partial charge in [0.05, 0.1) is 11.1 Å². The van der Waals surface area contributed by atoms with Gasteiger partial charge in [0.2, 0.25) is 0 Å². The monoisotopic (exact) mass is 366 g/mol. The van der Waals surface area contributed by atoms with Crippen LogP contribution < -0.4 is 4.74 Å². The molecule has 0 aliphatic carbocycles. The van der Waals surface area contributed by atoms with Crippen LogP contribution in [0.2, 0.25) is 0 Å². The largest absolute Gasteiger partial charge is 0.489 e. The lowest BCUT2D eigenvalue weighted by atomic mass is 10.1. The summed E-state index contributed by atoms with van der Waals surface area (Å²) in [6, 6.07) is 3.75. The molecule has 0 fully saturated rings. The van der Waals surface area contributed by atoms with Gasteiger partial charge >= 0.3 is 12.4 Å². The molecule has 2 aromatic carbocycles. The van der Waals surface area contributed by atoms with Gasteiger partial charge < -0.3 is 4.74 Å². The zero-order valence-corrected chi connectivity index (χ0v) is 12.2. The highest BCUT2D eigenvalue weighted by Gasteiger charge is 2.32. The maximum absolute atomic E-state index is 13.6. The summed E-state index contributed by atoms with van der Waals surface area (Å²) in [5.74, 6) is -1.43. The van der Waals surface area contributed by atoms with Crippen molar-refractivity contribution in [1.29, 1.82) is 0 Å². The van der Waals surface area contributed by atoms with Crippen LogP contribution in [0.3, 0.4) is 0 Å². The van der Waals surface area contributed by atoms with Crippen LogP contribution in [-0.2, 0) is 19.0 Å². The first-order chi connectivity index (χ1) is 11.5. The molecule has 0 unspecified atom stereocenters. The van der Waals surface area contributed by atoms with Gasteiger partial charge in [-0.3, -0.25) is 4.79 Å². The van der Waals surface area contributed by atoms with Crippen molar-refractivity contribution in [3.05, 3.63) is 64.5 Å². The van der Waals surface area contributed by atoms with Gasteiger partial charge in [0.1, 0.15) is 24.5 Å². The molecular formula is C16H9F7O2. The predicted octanol–water partition coefficient (Wildman–Crippen LogP) is 5.25. The van der Waals surface area contributed by atoms with Crippen LogP contribution in [-0.4, -0.2) is 6.29 Å². The molecule has 0 atom stereocenters. The average molecular weight is 366 g/mol. The Morgan fingerprint density at radius 3 is 2.08 bits per heavy atom. The molecule has 2 nitrogen and oxygen atoms in total. The summed E-state index contributed by atoms with van der Waals surface area (Å²) >= 11 is 0. The van der Waals surface area contributed by atoms with E-state index in [0.717, 1.165) is 6.07 Å². The van der Waals surface area contributed by atoms with Crippen LogP contribution in [0.5, 0.6) is 5.75 Å². The second-order valence-corrected chi connectivity index (χ2v) is 5.00. The summed E-state index contributed by atoms with van der Waals surface area (Å²) in [6.45, 7) is -0.741. The zero-order valence-electron chi connectivity index (χ0n) is 12.2. The molecule has 0 saturated heterocycles. The van der Waals surface area contributed by atoms with E-state index in [0.29, 0.717) is 30.3 Å². The van der Waals surface area contributed by atoms with Crippen LogP contribution >= 0.6 is 0 Å². The van der Waals surface area contributed by atoms with Crippen LogP contribution in [0.25, 0.3) is 0 Å². The Morgan fingerprint density at radius 1 is 0.880 bits per heavy atom. The van der Waals surface area contributed by atoms with E-state index < -0.39 is 47.2 Å². The smallest absolute Gasteiger partial charge is 0.416 e. The Morgan fingerprint density at radius 2 is 1.52 bits per heavy atom. The highest BCUT2D eigenvalue weighted by atomic mass is 19.4. The molecule has 9 heteroatoms. The van der Waals surface area contributed by atoms with Gasteiger partial charge in [-0.05, 0) is 36.4 Å². The van der Waals surface area contributed by atoms with E-state index >= 15 is 0 Å². The standard InChI is InChI=1S/C16H9F7O2/c17-14-2-1-11(15(18,19)20)5-10(14)8-25-13-4-9(7-24)3-12(6-13)16(21,22)23/h1-7H,8H2. The topological polar surface area (TPSA) is 26.3 Å². The molecule has 0 amide bonds. The second-order valence-electron chi connectivity index (χ2n) is 5.00. The molecule has 0 heterocycles. The van der Waals surface area contributed by atoms with Crippen molar-refractivity contribution < 1.29 is 40.3 Å². The normalized spacial score (nSPS) is 12.1. The number of alkyl halides is 6. The fourth-order valence-electron chi connectivity index (χ4n) is 1.96. The molecule has 0 N–H and O–H groups in total. The molecule has 0 aliphatic heterocycles.